The lowest BCUT2D eigenvalue weighted by Crippen LogP contribution is -2.20. The molecule has 0 bridgehead atoms. The minimum absolute atomic E-state index is 0.189. The second-order valence-corrected chi connectivity index (χ2v) is 4.12. The first-order valence-electron chi connectivity index (χ1n) is 5.77. The Morgan fingerprint density at radius 1 is 1.50 bits per heavy atom. The molecule has 0 aliphatic carbocycles. The van der Waals surface area contributed by atoms with Crippen LogP contribution in [-0.2, 0) is 0 Å². The molecular weight excluding hydrogens is 230 g/mol. The Kier molecular flexibility index (Phi) is 5.00. The monoisotopic (exact) mass is 247 g/mol. The van der Waals surface area contributed by atoms with Gasteiger partial charge in [-0.3, -0.25) is 0 Å². The van der Waals surface area contributed by atoms with Crippen LogP contribution >= 0.6 is 0 Å². The van der Waals surface area contributed by atoms with E-state index in [2.05, 4.69) is 6.07 Å². The highest BCUT2D eigenvalue weighted by Crippen LogP contribution is 2.23. The number of aromatic carboxylic acids is 1. The molecule has 0 spiro atoms. The number of unbranched alkanes of at least 4 members (excludes halogenated alkanes) is 2. The maximum Gasteiger partial charge on any atom is 0.335 e. The molecule has 0 unspecified atom stereocenters. The first-order valence-corrected chi connectivity index (χ1v) is 5.77. The number of nitrogens with zero attached hydrogens (tertiary/aromatic N) is 2. The molecule has 0 saturated carbocycles. The summed E-state index contributed by atoms with van der Waals surface area (Å²) in [5.74, 6) is -0.982. The third kappa shape index (κ3) is 3.67. The normalized spacial score (nSPS) is 9.78. The lowest BCUT2D eigenvalue weighted by molar-refractivity contribution is 0.0697. The Hall–Kier alpha value is -2.22. The van der Waals surface area contributed by atoms with E-state index in [0.717, 1.165) is 25.1 Å². The summed E-state index contributed by atoms with van der Waals surface area (Å²) in [6, 6.07) is 6.82. The molecule has 1 aromatic rings. The van der Waals surface area contributed by atoms with E-state index in [-0.39, 0.29) is 5.56 Å². The Balaban J connectivity index is 2.66. The quantitative estimate of drug-likeness (QED) is 0.593. The largest absolute Gasteiger partial charge is 0.478 e. The van der Waals surface area contributed by atoms with Crippen molar-refractivity contribution in [2.24, 2.45) is 0 Å². The van der Waals surface area contributed by atoms with Gasteiger partial charge in [-0.05, 0) is 31.0 Å². The van der Waals surface area contributed by atoms with Crippen molar-refractivity contribution in [3.63, 3.8) is 0 Å². The first-order chi connectivity index (χ1) is 8.56. The van der Waals surface area contributed by atoms with Crippen molar-refractivity contribution in [1.29, 1.82) is 5.26 Å². The fourth-order valence-corrected chi connectivity index (χ4v) is 1.71. The van der Waals surface area contributed by atoms with Gasteiger partial charge in [-0.1, -0.05) is 0 Å². The molecule has 0 aliphatic heterocycles. The second-order valence-electron chi connectivity index (χ2n) is 4.12. The fourth-order valence-electron chi connectivity index (χ4n) is 1.71. The predicted octanol–water partition coefficient (Wildman–Crippen LogP) is 2.10. The van der Waals surface area contributed by atoms with Gasteiger partial charge in [0.15, 0.2) is 0 Å². The van der Waals surface area contributed by atoms with E-state index in [1.807, 2.05) is 11.9 Å². The number of carboxylic acid groups (broad SMARTS) is 1. The van der Waals surface area contributed by atoms with E-state index in [0.29, 0.717) is 12.1 Å². The predicted molar refractivity (Wildman–Crippen MR) is 70.5 cm³/mol. The number of nitrogen functional groups attached to an aromatic ring is 1. The standard InChI is InChI=1S/C13H17N3O2/c1-16(8-4-2-3-7-14)12-6-5-10(13(17)18)9-11(12)15/h5-6,9H,2-4,8,15H2,1H3,(H,17,18). The highest BCUT2D eigenvalue weighted by molar-refractivity contribution is 5.90. The van der Waals surface area contributed by atoms with Crippen LogP contribution in [0.3, 0.4) is 0 Å². The van der Waals surface area contributed by atoms with Gasteiger partial charge in [-0.2, -0.15) is 5.26 Å². The van der Waals surface area contributed by atoms with Crippen LogP contribution in [0.1, 0.15) is 29.6 Å². The summed E-state index contributed by atoms with van der Waals surface area (Å²) in [5.41, 5.74) is 7.29. The number of nitriles is 1. The van der Waals surface area contributed by atoms with Crippen molar-refractivity contribution in [2.45, 2.75) is 19.3 Å². The van der Waals surface area contributed by atoms with E-state index >= 15 is 0 Å². The molecular formula is C13H17N3O2. The summed E-state index contributed by atoms with van der Waals surface area (Å²) >= 11 is 0. The summed E-state index contributed by atoms with van der Waals surface area (Å²) < 4.78 is 0. The maximum atomic E-state index is 10.8. The highest BCUT2D eigenvalue weighted by Gasteiger charge is 2.09. The number of hydrogen-bond donors (Lipinski definition) is 2. The third-order valence-electron chi connectivity index (χ3n) is 2.72. The van der Waals surface area contributed by atoms with E-state index in [4.69, 9.17) is 16.1 Å². The van der Waals surface area contributed by atoms with Crippen molar-refractivity contribution in [3.05, 3.63) is 23.8 Å². The summed E-state index contributed by atoms with van der Waals surface area (Å²) in [7, 11) is 1.90. The SMILES string of the molecule is CN(CCCCC#N)c1ccc(C(=O)O)cc1N. The number of anilines is 2. The minimum atomic E-state index is -0.982. The lowest BCUT2D eigenvalue weighted by Gasteiger charge is -2.21. The molecule has 1 aromatic carbocycles. The Morgan fingerprint density at radius 2 is 2.22 bits per heavy atom. The van der Waals surface area contributed by atoms with Crippen molar-refractivity contribution in [2.75, 3.05) is 24.2 Å². The summed E-state index contributed by atoms with van der Waals surface area (Å²) in [6.07, 6.45) is 2.32. The molecule has 96 valence electrons. The van der Waals surface area contributed by atoms with Crippen molar-refractivity contribution in [3.8, 4) is 6.07 Å². The van der Waals surface area contributed by atoms with Crippen LogP contribution in [0.25, 0.3) is 0 Å². The molecule has 1 rings (SSSR count). The molecule has 5 heteroatoms. The number of rotatable bonds is 6. The molecule has 3 N–H and O–H groups in total. The molecule has 0 amide bonds. The van der Waals surface area contributed by atoms with Crippen LogP contribution in [0.15, 0.2) is 18.2 Å². The fraction of sp³-hybridized carbons (Fsp3) is 0.385. The number of hydrogen-bond acceptors (Lipinski definition) is 4. The molecule has 0 atom stereocenters. The maximum absolute atomic E-state index is 10.8. The van der Waals surface area contributed by atoms with Gasteiger partial charge in [0.05, 0.1) is 23.0 Å². The van der Waals surface area contributed by atoms with Crippen LogP contribution in [0.2, 0.25) is 0 Å². The van der Waals surface area contributed by atoms with E-state index in [1.54, 1.807) is 12.1 Å². The van der Waals surface area contributed by atoms with Gasteiger partial charge in [0, 0.05) is 20.0 Å². The number of nitrogens with two attached hydrogens (primary N) is 1. The van der Waals surface area contributed by atoms with Crippen LogP contribution in [-0.4, -0.2) is 24.7 Å². The van der Waals surface area contributed by atoms with Gasteiger partial charge < -0.3 is 15.7 Å². The molecule has 5 nitrogen and oxygen atoms in total. The molecule has 0 saturated heterocycles. The van der Waals surface area contributed by atoms with Gasteiger partial charge in [0.2, 0.25) is 0 Å². The summed E-state index contributed by atoms with van der Waals surface area (Å²) in [6.45, 7) is 0.790. The van der Waals surface area contributed by atoms with E-state index in [9.17, 15) is 4.79 Å². The Morgan fingerprint density at radius 3 is 2.78 bits per heavy atom. The highest BCUT2D eigenvalue weighted by atomic mass is 16.4. The molecule has 18 heavy (non-hydrogen) atoms. The molecule has 0 heterocycles. The van der Waals surface area contributed by atoms with Crippen molar-refractivity contribution >= 4 is 17.3 Å². The molecule has 0 fully saturated rings. The smallest absolute Gasteiger partial charge is 0.335 e. The van der Waals surface area contributed by atoms with Crippen molar-refractivity contribution in [1.82, 2.24) is 0 Å². The number of carboxylic acids is 1. The van der Waals surface area contributed by atoms with Gasteiger partial charge in [-0.25, -0.2) is 4.79 Å². The van der Waals surface area contributed by atoms with Gasteiger partial charge in [-0.15, -0.1) is 0 Å². The summed E-state index contributed by atoms with van der Waals surface area (Å²) in [5, 5.41) is 17.3. The number of benzene rings is 1. The summed E-state index contributed by atoms with van der Waals surface area (Å²) in [4.78, 5) is 12.7. The van der Waals surface area contributed by atoms with Gasteiger partial charge in [0.1, 0.15) is 0 Å². The lowest BCUT2D eigenvalue weighted by atomic mass is 10.1. The third-order valence-corrected chi connectivity index (χ3v) is 2.72. The average molecular weight is 247 g/mol. The van der Waals surface area contributed by atoms with Crippen LogP contribution < -0.4 is 10.6 Å². The second kappa shape index (κ2) is 6.50. The van der Waals surface area contributed by atoms with Crippen molar-refractivity contribution < 1.29 is 9.90 Å². The van der Waals surface area contributed by atoms with E-state index < -0.39 is 5.97 Å². The number of carbonyl (C=O) groups is 1. The average Bonchev–Trinajstić information content (AvgIpc) is 2.34. The molecule has 0 radical (unpaired) electrons. The van der Waals surface area contributed by atoms with E-state index in [1.165, 1.54) is 6.07 Å². The first kappa shape index (κ1) is 13.8. The Bertz CT molecular complexity index is 466. The van der Waals surface area contributed by atoms with Gasteiger partial charge >= 0.3 is 5.97 Å². The topological polar surface area (TPSA) is 90.3 Å². The molecule has 0 aromatic heterocycles. The van der Waals surface area contributed by atoms with Crippen LogP contribution in [0.5, 0.6) is 0 Å². The zero-order valence-corrected chi connectivity index (χ0v) is 10.4. The zero-order valence-electron chi connectivity index (χ0n) is 10.4. The Labute approximate surface area is 106 Å². The van der Waals surface area contributed by atoms with Gasteiger partial charge in [0.25, 0.3) is 0 Å². The van der Waals surface area contributed by atoms with Crippen LogP contribution in [0.4, 0.5) is 11.4 Å². The zero-order chi connectivity index (χ0) is 13.5. The van der Waals surface area contributed by atoms with Crippen LogP contribution in [0, 0.1) is 11.3 Å². The minimum Gasteiger partial charge on any atom is -0.478 e. The molecule has 0 aliphatic rings.